The first-order valence-corrected chi connectivity index (χ1v) is 2.26. The summed E-state index contributed by atoms with van der Waals surface area (Å²) in [7, 11) is 0. The quantitative estimate of drug-likeness (QED) is 0.242. The van der Waals surface area contributed by atoms with Crippen LogP contribution in [0.15, 0.2) is 24.4 Å². The van der Waals surface area contributed by atoms with Gasteiger partial charge in [-0.3, -0.25) is 4.79 Å². The summed E-state index contributed by atoms with van der Waals surface area (Å²) in [4.78, 5) is 12.0. The number of aromatic nitrogens is 1. The Bertz CT molecular complexity index is 119. The van der Waals surface area contributed by atoms with Crippen molar-refractivity contribution >= 4 is 6.47 Å². The minimum Gasteiger partial charge on any atom is -0.483 e. The van der Waals surface area contributed by atoms with Gasteiger partial charge < -0.3 is 10.1 Å². The van der Waals surface area contributed by atoms with Crippen LogP contribution < -0.4 is 18.9 Å². The molecule has 0 saturated carbocycles. The van der Waals surface area contributed by atoms with Gasteiger partial charge in [-0.2, -0.15) is 18.2 Å². The molecule has 48 valence electrons. The monoisotopic (exact) mass is 131 g/mol. The molecule has 0 amide bonds. The number of pyridine rings is 1. The van der Waals surface area contributed by atoms with Gasteiger partial charge in [0.25, 0.3) is 6.47 Å². The minimum absolute atomic E-state index is 0. The Morgan fingerprint density at radius 1 is 1.50 bits per heavy atom. The molecule has 1 rings (SSSR count). The third-order valence-electron chi connectivity index (χ3n) is 0.517. The van der Waals surface area contributed by atoms with Crippen LogP contribution in [0.2, 0.25) is 0 Å². The molecule has 1 aromatic heterocycles. The maximum atomic E-state index is 8.36. The van der Waals surface area contributed by atoms with Gasteiger partial charge in [0.05, 0.1) is 0 Å². The summed E-state index contributed by atoms with van der Waals surface area (Å²) in [5, 5.41) is 6.89. The van der Waals surface area contributed by atoms with Crippen LogP contribution in [0.4, 0.5) is 0 Å². The molecule has 0 aromatic carbocycles. The molecule has 0 aliphatic carbocycles. The number of rotatable bonds is 0. The molecular formula is C6H6LiNO2. The van der Waals surface area contributed by atoms with Gasteiger partial charge in [0, 0.05) is 0 Å². The number of nitrogens with zero attached hydrogens (tertiary/aromatic N) is 1. The van der Waals surface area contributed by atoms with Crippen LogP contribution in [0, 0.1) is 6.20 Å². The van der Waals surface area contributed by atoms with Crippen molar-refractivity contribution in [1.29, 1.82) is 0 Å². The van der Waals surface area contributed by atoms with Gasteiger partial charge in [-0.15, -0.1) is 0 Å². The van der Waals surface area contributed by atoms with Crippen molar-refractivity contribution in [1.82, 2.24) is 4.98 Å². The Kier molecular flexibility index (Phi) is 13.2. The topological polar surface area (TPSA) is 50.2 Å². The second-order valence-electron chi connectivity index (χ2n) is 1.06. The number of carbonyl (C=O) groups is 1. The molecule has 4 heteroatoms. The first-order valence-electron chi connectivity index (χ1n) is 2.26. The van der Waals surface area contributed by atoms with E-state index in [9.17, 15) is 0 Å². The van der Waals surface area contributed by atoms with E-state index in [1.54, 1.807) is 12.3 Å². The molecule has 1 heterocycles. The van der Waals surface area contributed by atoms with Gasteiger partial charge in [-0.1, -0.05) is 12.4 Å². The summed E-state index contributed by atoms with van der Waals surface area (Å²) < 4.78 is 0. The van der Waals surface area contributed by atoms with Crippen LogP contribution in [-0.4, -0.2) is 16.6 Å². The second kappa shape index (κ2) is 11.1. The van der Waals surface area contributed by atoms with Crippen LogP contribution in [0.3, 0.4) is 0 Å². The largest absolute Gasteiger partial charge is 1.00 e. The molecule has 0 bridgehead atoms. The summed E-state index contributed by atoms with van der Waals surface area (Å²) in [6, 6.07) is 5.50. The smallest absolute Gasteiger partial charge is 0.483 e. The Labute approximate surface area is 71.3 Å². The maximum Gasteiger partial charge on any atom is 1.00 e. The van der Waals surface area contributed by atoms with Crippen molar-refractivity contribution in [2.24, 2.45) is 0 Å². The fourth-order valence-corrected chi connectivity index (χ4v) is 0.277. The van der Waals surface area contributed by atoms with Crippen LogP contribution in [0.5, 0.6) is 0 Å². The molecule has 0 unspecified atom stereocenters. The van der Waals surface area contributed by atoms with Crippen LogP contribution >= 0.6 is 0 Å². The van der Waals surface area contributed by atoms with E-state index in [2.05, 4.69) is 11.2 Å². The summed E-state index contributed by atoms with van der Waals surface area (Å²) in [6.07, 6.45) is 4.34. The molecule has 0 atom stereocenters. The Morgan fingerprint density at radius 2 is 2.10 bits per heavy atom. The van der Waals surface area contributed by atoms with E-state index in [0.29, 0.717) is 0 Å². The van der Waals surface area contributed by atoms with E-state index in [1.807, 2.05) is 12.1 Å². The zero-order chi connectivity index (χ0) is 6.95. The molecule has 0 aliphatic rings. The summed E-state index contributed by atoms with van der Waals surface area (Å²) in [5.74, 6) is 0. The molecule has 1 N–H and O–H groups in total. The van der Waals surface area contributed by atoms with Crippen molar-refractivity contribution in [3.05, 3.63) is 30.6 Å². The average Bonchev–Trinajstić information content (AvgIpc) is 1.93. The predicted molar refractivity (Wildman–Crippen MR) is 31.8 cm³/mol. The maximum absolute atomic E-state index is 8.36. The zero-order valence-corrected chi connectivity index (χ0v) is 5.69. The summed E-state index contributed by atoms with van der Waals surface area (Å²) in [5.41, 5.74) is 0. The number of hydrogen-bond donors (Lipinski definition) is 1. The van der Waals surface area contributed by atoms with Crippen molar-refractivity contribution in [3.8, 4) is 0 Å². The second-order valence-corrected chi connectivity index (χ2v) is 1.06. The molecule has 0 aliphatic heterocycles. The van der Waals surface area contributed by atoms with Crippen LogP contribution in [-0.2, 0) is 4.79 Å². The Morgan fingerprint density at radius 3 is 2.20 bits per heavy atom. The molecule has 0 radical (unpaired) electrons. The van der Waals surface area contributed by atoms with E-state index in [1.165, 1.54) is 0 Å². The molecule has 0 spiro atoms. The summed E-state index contributed by atoms with van der Waals surface area (Å²) >= 11 is 0. The molecule has 1 aromatic rings. The zero-order valence-electron chi connectivity index (χ0n) is 5.69. The standard InChI is InChI=1S/C5H4N.CH2O2.Li/c1-2-4-6-5-3-1;2-1-3;/h1-4H;1H,(H,2,3);/q-1;;+1. The van der Waals surface area contributed by atoms with Gasteiger partial charge in [0.1, 0.15) is 0 Å². The fourth-order valence-electron chi connectivity index (χ4n) is 0.277. The Hall–Kier alpha value is -0.783. The van der Waals surface area contributed by atoms with Crippen LogP contribution in [0.25, 0.3) is 0 Å². The van der Waals surface area contributed by atoms with Gasteiger partial charge in [-0.25, -0.2) is 0 Å². The van der Waals surface area contributed by atoms with Crippen molar-refractivity contribution in [2.75, 3.05) is 0 Å². The Balaban J connectivity index is 0. The minimum atomic E-state index is -0.250. The van der Waals surface area contributed by atoms with E-state index < -0.39 is 0 Å². The first kappa shape index (κ1) is 11.9. The molecule has 3 nitrogen and oxygen atoms in total. The molecule has 10 heavy (non-hydrogen) atoms. The average molecular weight is 131 g/mol. The van der Waals surface area contributed by atoms with E-state index in [-0.39, 0.29) is 25.3 Å². The van der Waals surface area contributed by atoms with E-state index >= 15 is 0 Å². The predicted octanol–water partition coefficient (Wildman–Crippen LogP) is -2.41. The van der Waals surface area contributed by atoms with E-state index in [0.717, 1.165) is 0 Å². The SMILES string of the molecule is O=CO.[Li+].[c-]1ccccn1. The van der Waals surface area contributed by atoms with Crippen molar-refractivity contribution in [3.63, 3.8) is 0 Å². The fraction of sp³-hybridized carbons (Fsp3) is 0. The molecule has 0 saturated heterocycles. The molecule has 0 fully saturated rings. The van der Waals surface area contributed by atoms with E-state index in [4.69, 9.17) is 9.90 Å². The van der Waals surface area contributed by atoms with Crippen molar-refractivity contribution < 1.29 is 28.8 Å². The normalized spacial score (nSPS) is 6.00. The third-order valence-corrected chi connectivity index (χ3v) is 0.517. The molecular weight excluding hydrogens is 125 g/mol. The third kappa shape index (κ3) is 10.2. The van der Waals surface area contributed by atoms with Gasteiger partial charge in [0.2, 0.25) is 0 Å². The van der Waals surface area contributed by atoms with Gasteiger partial charge in [-0.05, 0) is 0 Å². The van der Waals surface area contributed by atoms with Gasteiger partial charge >= 0.3 is 18.9 Å². The summed E-state index contributed by atoms with van der Waals surface area (Å²) in [6.45, 7) is -0.250. The number of hydrogen-bond acceptors (Lipinski definition) is 2. The van der Waals surface area contributed by atoms with Crippen LogP contribution in [0.1, 0.15) is 0 Å². The van der Waals surface area contributed by atoms with Gasteiger partial charge in [0.15, 0.2) is 0 Å². The van der Waals surface area contributed by atoms with Crippen molar-refractivity contribution in [2.45, 2.75) is 0 Å². The first-order chi connectivity index (χ1) is 4.41. The number of carboxylic acid groups (broad SMARTS) is 1.